The Labute approximate surface area is 141 Å². The molecule has 120 valence electrons. The Morgan fingerprint density at radius 3 is 2.78 bits per heavy atom. The molecule has 2 aromatic rings. The molecule has 1 unspecified atom stereocenters. The van der Waals surface area contributed by atoms with Crippen molar-refractivity contribution in [3.8, 4) is 5.75 Å². The van der Waals surface area contributed by atoms with Crippen LogP contribution in [0.1, 0.15) is 23.6 Å². The number of hydrogen-bond donors (Lipinski definition) is 1. The average Bonchev–Trinajstić information content (AvgIpc) is 2.60. The Hall–Kier alpha value is -1.94. The first-order valence-electron chi connectivity index (χ1n) is 7.96. The summed E-state index contributed by atoms with van der Waals surface area (Å²) in [4.78, 5) is 12.2. The van der Waals surface area contributed by atoms with Crippen LogP contribution >= 0.6 is 11.8 Å². The van der Waals surface area contributed by atoms with Gasteiger partial charge in [-0.05, 0) is 23.8 Å². The number of nitrogens with one attached hydrogen (secondary N) is 1. The topological polar surface area (TPSA) is 38.3 Å². The molecule has 1 atom stereocenters. The third-order valence-electron chi connectivity index (χ3n) is 3.90. The number of carbonyl (C=O) groups excluding carboxylic acids is 1. The van der Waals surface area contributed by atoms with Crippen LogP contribution in [0.15, 0.2) is 54.6 Å². The predicted molar refractivity (Wildman–Crippen MR) is 94.9 cm³/mol. The second kappa shape index (κ2) is 8.06. The Bertz CT molecular complexity index is 645. The van der Waals surface area contributed by atoms with Gasteiger partial charge in [-0.3, -0.25) is 4.79 Å². The minimum absolute atomic E-state index is 0.0715. The zero-order valence-electron chi connectivity index (χ0n) is 13.0. The van der Waals surface area contributed by atoms with E-state index in [1.54, 1.807) is 11.8 Å². The fourth-order valence-corrected chi connectivity index (χ4v) is 3.52. The summed E-state index contributed by atoms with van der Waals surface area (Å²) in [5.74, 6) is 2.46. The molecule has 0 fully saturated rings. The van der Waals surface area contributed by atoms with E-state index in [0.717, 1.165) is 29.9 Å². The Kier molecular flexibility index (Phi) is 5.59. The van der Waals surface area contributed by atoms with E-state index in [4.69, 9.17) is 4.74 Å². The van der Waals surface area contributed by atoms with Crippen LogP contribution in [0.25, 0.3) is 0 Å². The Morgan fingerprint density at radius 2 is 1.91 bits per heavy atom. The van der Waals surface area contributed by atoms with Gasteiger partial charge in [-0.2, -0.15) is 11.8 Å². The van der Waals surface area contributed by atoms with Gasteiger partial charge in [0.2, 0.25) is 5.91 Å². The minimum atomic E-state index is 0.0715. The monoisotopic (exact) mass is 327 g/mol. The molecule has 1 aliphatic rings. The summed E-state index contributed by atoms with van der Waals surface area (Å²) in [6, 6.07) is 18.4. The number of amides is 1. The van der Waals surface area contributed by atoms with Gasteiger partial charge in [-0.25, -0.2) is 0 Å². The first-order chi connectivity index (χ1) is 11.3. The van der Waals surface area contributed by atoms with Crippen LogP contribution in [0.4, 0.5) is 0 Å². The molecule has 0 saturated heterocycles. The summed E-state index contributed by atoms with van der Waals surface area (Å²) < 4.78 is 5.63. The number of fused-ring (bicyclic) bond motifs is 1. The first-order valence-corrected chi connectivity index (χ1v) is 9.11. The number of para-hydroxylation sites is 1. The molecule has 3 nitrogen and oxygen atoms in total. The summed E-state index contributed by atoms with van der Waals surface area (Å²) in [7, 11) is 0. The van der Waals surface area contributed by atoms with Crippen molar-refractivity contribution in [1.82, 2.24) is 5.32 Å². The quantitative estimate of drug-likeness (QED) is 0.824. The lowest BCUT2D eigenvalue weighted by Crippen LogP contribution is -2.33. The second-order valence-corrected chi connectivity index (χ2v) is 6.69. The van der Waals surface area contributed by atoms with Gasteiger partial charge in [0.1, 0.15) is 5.75 Å². The van der Waals surface area contributed by atoms with Crippen molar-refractivity contribution in [3.63, 3.8) is 0 Å². The highest BCUT2D eigenvalue weighted by Crippen LogP contribution is 2.31. The summed E-state index contributed by atoms with van der Waals surface area (Å²) in [5, 5.41) is 3.13. The summed E-state index contributed by atoms with van der Waals surface area (Å²) in [6.07, 6.45) is 1.83. The molecule has 0 aromatic heterocycles. The molecule has 2 aromatic carbocycles. The van der Waals surface area contributed by atoms with Gasteiger partial charge < -0.3 is 10.1 Å². The van der Waals surface area contributed by atoms with Crippen molar-refractivity contribution in [2.45, 2.75) is 18.9 Å². The highest BCUT2D eigenvalue weighted by molar-refractivity contribution is 7.99. The Balaban J connectivity index is 1.43. The normalized spacial score (nSPS) is 16.3. The van der Waals surface area contributed by atoms with Gasteiger partial charge >= 0.3 is 0 Å². The summed E-state index contributed by atoms with van der Waals surface area (Å²) in [5.41, 5.74) is 2.40. The van der Waals surface area contributed by atoms with Crippen molar-refractivity contribution in [3.05, 3.63) is 65.7 Å². The molecular weight excluding hydrogens is 306 g/mol. The average molecular weight is 327 g/mol. The summed E-state index contributed by atoms with van der Waals surface area (Å²) in [6.45, 7) is 0.656. The lowest BCUT2D eigenvalue weighted by molar-refractivity contribution is -0.119. The minimum Gasteiger partial charge on any atom is -0.493 e. The highest BCUT2D eigenvalue weighted by Gasteiger charge is 2.22. The molecule has 0 radical (unpaired) electrons. The number of thioether (sulfide) groups is 1. The number of rotatable bonds is 6. The number of benzene rings is 2. The van der Waals surface area contributed by atoms with E-state index in [9.17, 15) is 4.79 Å². The van der Waals surface area contributed by atoms with Gasteiger partial charge in [0.05, 0.1) is 18.4 Å². The molecule has 1 aliphatic heterocycles. The van der Waals surface area contributed by atoms with Crippen molar-refractivity contribution in [2.75, 3.05) is 18.1 Å². The van der Waals surface area contributed by atoms with Crippen molar-refractivity contribution >= 4 is 17.7 Å². The Morgan fingerprint density at radius 1 is 1.13 bits per heavy atom. The largest absolute Gasteiger partial charge is 0.493 e. The standard InChI is InChI=1S/C19H21NO2S/c21-19(14-23-13-11-15-6-2-1-3-7-15)20-17-10-12-22-18-9-5-4-8-16(17)18/h1-9,17H,10-14H2,(H,20,21). The maximum absolute atomic E-state index is 12.2. The van der Waals surface area contributed by atoms with E-state index in [-0.39, 0.29) is 11.9 Å². The van der Waals surface area contributed by atoms with Gasteiger partial charge in [0.15, 0.2) is 0 Å². The van der Waals surface area contributed by atoms with E-state index in [0.29, 0.717) is 12.4 Å². The van der Waals surface area contributed by atoms with E-state index in [2.05, 4.69) is 29.6 Å². The highest BCUT2D eigenvalue weighted by atomic mass is 32.2. The van der Waals surface area contributed by atoms with Gasteiger partial charge in [-0.15, -0.1) is 0 Å². The number of aryl methyl sites for hydroxylation is 1. The zero-order chi connectivity index (χ0) is 15.9. The third-order valence-corrected chi connectivity index (χ3v) is 4.86. The lowest BCUT2D eigenvalue weighted by atomic mass is 10.0. The van der Waals surface area contributed by atoms with Crippen molar-refractivity contribution in [2.24, 2.45) is 0 Å². The van der Waals surface area contributed by atoms with Gasteiger partial charge in [-0.1, -0.05) is 48.5 Å². The SMILES string of the molecule is O=C(CSCCc1ccccc1)NC1CCOc2ccccc21. The first kappa shape index (κ1) is 15.9. The molecule has 0 saturated carbocycles. The van der Waals surface area contributed by atoms with E-state index >= 15 is 0 Å². The third kappa shape index (κ3) is 4.52. The molecule has 1 N–H and O–H groups in total. The van der Waals surface area contributed by atoms with E-state index < -0.39 is 0 Å². The molecule has 3 rings (SSSR count). The molecule has 0 bridgehead atoms. The molecule has 4 heteroatoms. The van der Waals surface area contributed by atoms with Crippen molar-refractivity contribution in [1.29, 1.82) is 0 Å². The molecule has 0 aliphatic carbocycles. The van der Waals surface area contributed by atoms with Gasteiger partial charge in [0.25, 0.3) is 0 Å². The van der Waals surface area contributed by atoms with Gasteiger partial charge in [0, 0.05) is 12.0 Å². The smallest absolute Gasteiger partial charge is 0.230 e. The maximum atomic E-state index is 12.2. The molecular formula is C19H21NO2S. The lowest BCUT2D eigenvalue weighted by Gasteiger charge is -2.26. The predicted octanol–water partition coefficient (Wildman–Crippen LogP) is 3.60. The fourth-order valence-electron chi connectivity index (χ4n) is 2.73. The molecule has 1 amide bonds. The number of hydrogen-bond acceptors (Lipinski definition) is 3. The zero-order valence-corrected chi connectivity index (χ0v) is 13.9. The van der Waals surface area contributed by atoms with Crippen LogP contribution < -0.4 is 10.1 Å². The van der Waals surface area contributed by atoms with E-state index in [1.165, 1.54) is 5.56 Å². The molecule has 0 spiro atoms. The molecule has 1 heterocycles. The fraction of sp³-hybridized carbons (Fsp3) is 0.316. The van der Waals surface area contributed by atoms with Crippen molar-refractivity contribution < 1.29 is 9.53 Å². The van der Waals surface area contributed by atoms with Crippen LogP contribution in [0.2, 0.25) is 0 Å². The van der Waals surface area contributed by atoms with Crippen LogP contribution in [0.3, 0.4) is 0 Å². The number of carbonyl (C=O) groups is 1. The van der Waals surface area contributed by atoms with Crippen LogP contribution in [-0.2, 0) is 11.2 Å². The number of ether oxygens (including phenoxy) is 1. The van der Waals surface area contributed by atoms with Crippen LogP contribution in [0.5, 0.6) is 5.75 Å². The summed E-state index contributed by atoms with van der Waals surface area (Å²) >= 11 is 1.68. The molecule has 23 heavy (non-hydrogen) atoms. The van der Waals surface area contributed by atoms with E-state index in [1.807, 2.05) is 30.3 Å². The van der Waals surface area contributed by atoms with Crippen LogP contribution in [-0.4, -0.2) is 24.0 Å². The second-order valence-electron chi connectivity index (χ2n) is 5.58. The maximum Gasteiger partial charge on any atom is 0.230 e. The van der Waals surface area contributed by atoms with Crippen LogP contribution in [0, 0.1) is 0 Å².